The molecule has 0 fully saturated rings. The fourth-order valence-electron chi connectivity index (χ4n) is 2.28. The normalized spacial score (nSPS) is 13.9. The molecule has 0 aromatic heterocycles. The van der Waals surface area contributed by atoms with Gasteiger partial charge in [-0.15, -0.1) is 11.6 Å². The molecule has 2 heteroatoms. The quantitative estimate of drug-likeness (QED) is 0.399. The van der Waals surface area contributed by atoms with Crippen LogP contribution in [0.2, 0.25) is 0 Å². The number of unbranched alkanes of at least 4 members (excludes halogenated alkanes) is 6. The predicted octanol–water partition coefficient (Wildman–Crippen LogP) is 5.25. The standard InChI is InChI=1S/C15H32ClN/c1-4-6-8-10-12-15(17,14(3)16)13-11-9-7-5-2/h14H,4-13,17H2,1-3H3. The third kappa shape index (κ3) is 8.05. The summed E-state index contributed by atoms with van der Waals surface area (Å²) in [5.41, 5.74) is 6.34. The van der Waals surface area contributed by atoms with E-state index in [1.165, 1.54) is 51.4 Å². The fraction of sp³-hybridized carbons (Fsp3) is 1.00. The second-order valence-corrected chi connectivity index (χ2v) is 6.13. The topological polar surface area (TPSA) is 26.0 Å². The average Bonchev–Trinajstić information content (AvgIpc) is 2.30. The van der Waals surface area contributed by atoms with Gasteiger partial charge in [-0.3, -0.25) is 0 Å². The second-order valence-electron chi connectivity index (χ2n) is 5.47. The first-order chi connectivity index (χ1) is 8.06. The minimum absolute atomic E-state index is 0.0887. The van der Waals surface area contributed by atoms with Crippen molar-refractivity contribution >= 4 is 11.6 Å². The lowest BCUT2D eigenvalue weighted by Gasteiger charge is -2.32. The molecule has 0 aromatic rings. The van der Waals surface area contributed by atoms with Crippen LogP contribution in [0.1, 0.15) is 85.0 Å². The summed E-state index contributed by atoms with van der Waals surface area (Å²) in [6, 6.07) is 0. The van der Waals surface area contributed by atoms with Gasteiger partial charge in [-0.25, -0.2) is 0 Å². The highest BCUT2D eigenvalue weighted by Gasteiger charge is 2.29. The molecule has 0 heterocycles. The molecule has 0 rings (SSSR count). The molecule has 0 aliphatic rings. The Labute approximate surface area is 113 Å². The molecule has 0 saturated carbocycles. The zero-order valence-corrected chi connectivity index (χ0v) is 12.9. The molecule has 0 amide bonds. The monoisotopic (exact) mass is 261 g/mol. The molecule has 0 bridgehead atoms. The van der Waals surface area contributed by atoms with E-state index < -0.39 is 0 Å². The molecule has 1 unspecified atom stereocenters. The Kier molecular flexibility index (Phi) is 10.3. The van der Waals surface area contributed by atoms with Crippen LogP contribution in [0.5, 0.6) is 0 Å². The van der Waals surface area contributed by atoms with E-state index in [1.807, 2.05) is 0 Å². The molecular weight excluding hydrogens is 230 g/mol. The van der Waals surface area contributed by atoms with E-state index in [-0.39, 0.29) is 10.9 Å². The van der Waals surface area contributed by atoms with Crippen LogP contribution in [0, 0.1) is 0 Å². The van der Waals surface area contributed by atoms with Crippen molar-refractivity contribution in [3.63, 3.8) is 0 Å². The highest BCUT2D eigenvalue weighted by Crippen LogP contribution is 2.27. The molecule has 0 aliphatic heterocycles. The van der Waals surface area contributed by atoms with Crippen molar-refractivity contribution in [1.29, 1.82) is 0 Å². The molecule has 104 valence electrons. The number of hydrogen-bond acceptors (Lipinski definition) is 1. The number of nitrogens with two attached hydrogens (primary N) is 1. The third-order valence-electron chi connectivity index (χ3n) is 3.78. The summed E-state index contributed by atoms with van der Waals surface area (Å²) < 4.78 is 0. The van der Waals surface area contributed by atoms with Crippen molar-refractivity contribution < 1.29 is 0 Å². The zero-order chi connectivity index (χ0) is 13.1. The smallest absolute Gasteiger partial charge is 0.0487 e. The van der Waals surface area contributed by atoms with Gasteiger partial charge in [0.25, 0.3) is 0 Å². The van der Waals surface area contributed by atoms with E-state index in [2.05, 4.69) is 20.8 Å². The molecule has 17 heavy (non-hydrogen) atoms. The Bertz CT molecular complexity index is 156. The Morgan fingerprint density at radius 3 is 1.59 bits per heavy atom. The van der Waals surface area contributed by atoms with Gasteiger partial charge in [0.2, 0.25) is 0 Å². The van der Waals surface area contributed by atoms with E-state index in [0.717, 1.165) is 12.8 Å². The Hall–Kier alpha value is 0.250. The van der Waals surface area contributed by atoms with E-state index in [9.17, 15) is 0 Å². The molecule has 1 atom stereocenters. The summed E-state index contributed by atoms with van der Waals surface area (Å²) in [5.74, 6) is 0. The van der Waals surface area contributed by atoms with Crippen molar-refractivity contribution in [2.24, 2.45) is 5.73 Å². The van der Waals surface area contributed by atoms with Crippen molar-refractivity contribution in [2.75, 3.05) is 0 Å². The fourth-order valence-corrected chi connectivity index (χ4v) is 2.50. The van der Waals surface area contributed by atoms with E-state index in [1.54, 1.807) is 0 Å². The molecule has 0 saturated heterocycles. The summed E-state index contributed by atoms with van der Waals surface area (Å²) in [7, 11) is 0. The van der Waals surface area contributed by atoms with Crippen LogP contribution in [0.25, 0.3) is 0 Å². The molecule has 0 aromatic carbocycles. The van der Waals surface area contributed by atoms with Crippen molar-refractivity contribution in [3.8, 4) is 0 Å². The zero-order valence-electron chi connectivity index (χ0n) is 12.1. The minimum Gasteiger partial charge on any atom is -0.324 e. The Morgan fingerprint density at radius 1 is 0.882 bits per heavy atom. The highest BCUT2D eigenvalue weighted by molar-refractivity contribution is 6.21. The highest BCUT2D eigenvalue weighted by atomic mass is 35.5. The summed E-state index contributed by atoms with van der Waals surface area (Å²) >= 11 is 6.29. The largest absolute Gasteiger partial charge is 0.324 e. The van der Waals surface area contributed by atoms with E-state index in [0.29, 0.717) is 0 Å². The first kappa shape index (κ1) is 17.2. The predicted molar refractivity (Wildman–Crippen MR) is 79.8 cm³/mol. The van der Waals surface area contributed by atoms with Crippen LogP contribution in [0.15, 0.2) is 0 Å². The van der Waals surface area contributed by atoms with Gasteiger partial charge >= 0.3 is 0 Å². The number of hydrogen-bond donors (Lipinski definition) is 1. The SMILES string of the molecule is CCCCCCC(N)(CCCCCC)C(C)Cl. The summed E-state index contributed by atoms with van der Waals surface area (Å²) in [5, 5.41) is 0.0887. The van der Waals surface area contributed by atoms with Crippen molar-refractivity contribution in [2.45, 2.75) is 95.9 Å². The van der Waals surface area contributed by atoms with Gasteiger partial charge < -0.3 is 5.73 Å². The molecular formula is C15H32ClN. The molecule has 1 nitrogen and oxygen atoms in total. The van der Waals surface area contributed by atoms with Gasteiger partial charge in [0, 0.05) is 10.9 Å². The molecule has 0 radical (unpaired) electrons. The Morgan fingerprint density at radius 2 is 1.29 bits per heavy atom. The lowest BCUT2D eigenvalue weighted by atomic mass is 9.85. The van der Waals surface area contributed by atoms with Crippen LogP contribution in [0.4, 0.5) is 0 Å². The van der Waals surface area contributed by atoms with Gasteiger partial charge in [-0.1, -0.05) is 65.2 Å². The first-order valence-electron chi connectivity index (χ1n) is 7.49. The lowest BCUT2D eigenvalue weighted by molar-refractivity contribution is 0.330. The summed E-state index contributed by atoms with van der Waals surface area (Å²) in [6.07, 6.45) is 12.4. The molecule has 0 aliphatic carbocycles. The lowest BCUT2D eigenvalue weighted by Crippen LogP contribution is -2.47. The maximum Gasteiger partial charge on any atom is 0.0487 e. The van der Waals surface area contributed by atoms with Crippen LogP contribution in [0.3, 0.4) is 0 Å². The van der Waals surface area contributed by atoms with Crippen LogP contribution >= 0.6 is 11.6 Å². The summed E-state index contributed by atoms with van der Waals surface area (Å²) in [6.45, 7) is 6.54. The number of rotatable bonds is 11. The minimum atomic E-state index is -0.136. The van der Waals surface area contributed by atoms with Gasteiger partial charge in [0.1, 0.15) is 0 Å². The van der Waals surface area contributed by atoms with Gasteiger partial charge in [0.05, 0.1) is 0 Å². The molecule has 2 N–H and O–H groups in total. The average molecular weight is 262 g/mol. The number of alkyl halides is 1. The molecule has 0 spiro atoms. The van der Waals surface area contributed by atoms with E-state index in [4.69, 9.17) is 17.3 Å². The Balaban J connectivity index is 3.90. The third-order valence-corrected chi connectivity index (χ3v) is 4.22. The second kappa shape index (κ2) is 10.2. The van der Waals surface area contributed by atoms with Gasteiger partial charge in [-0.05, 0) is 19.8 Å². The van der Waals surface area contributed by atoms with E-state index >= 15 is 0 Å². The van der Waals surface area contributed by atoms with Crippen molar-refractivity contribution in [1.82, 2.24) is 0 Å². The number of halogens is 1. The summed E-state index contributed by atoms with van der Waals surface area (Å²) in [4.78, 5) is 0. The van der Waals surface area contributed by atoms with Crippen LogP contribution in [-0.2, 0) is 0 Å². The van der Waals surface area contributed by atoms with Gasteiger partial charge in [0.15, 0.2) is 0 Å². The first-order valence-corrected chi connectivity index (χ1v) is 7.93. The maximum atomic E-state index is 6.47. The van der Waals surface area contributed by atoms with Crippen LogP contribution in [-0.4, -0.2) is 10.9 Å². The van der Waals surface area contributed by atoms with Gasteiger partial charge in [-0.2, -0.15) is 0 Å². The maximum absolute atomic E-state index is 6.47. The van der Waals surface area contributed by atoms with Crippen molar-refractivity contribution in [3.05, 3.63) is 0 Å². The van der Waals surface area contributed by atoms with Crippen LogP contribution < -0.4 is 5.73 Å².